The van der Waals surface area contributed by atoms with Crippen LogP contribution in [0.1, 0.15) is 32.1 Å². The van der Waals surface area contributed by atoms with Gasteiger partial charge in [-0.05, 0) is 50.1 Å². The van der Waals surface area contributed by atoms with Crippen molar-refractivity contribution in [2.75, 3.05) is 33.4 Å². The lowest BCUT2D eigenvalue weighted by atomic mass is 9.95. The summed E-state index contributed by atoms with van der Waals surface area (Å²) in [7, 11) is 1.79. The lowest BCUT2D eigenvalue weighted by molar-refractivity contribution is 0.0907. The molecule has 1 saturated carbocycles. The van der Waals surface area contributed by atoms with Gasteiger partial charge in [-0.25, -0.2) is 0 Å². The quantitative estimate of drug-likeness (QED) is 0.545. The van der Waals surface area contributed by atoms with Crippen LogP contribution >= 0.6 is 0 Å². The Morgan fingerprint density at radius 3 is 2.53 bits per heavy atom. The van der Waals surface area contributed by atoms with E-state index in [0.717, 1.165) is 25.5 Å². The van der Waals surface area contributed by atoms with E-state index in [1.807, 2.05) is 0 Å². The van der Waals surface area contributed by atoms with Crippen molar-refractivity contribution >= 4 is 5.84 Å². The molecular formula is C13H25N3O. The van der Waals surface area contributed by atoms with Gasteiger partial charge in [0, 0.05) is 26.7 Å². The van der Waals surface area contributed by atoms with Crippen molar-refractivity contribution in [2.24, 2.45) is 17.1 Å². The topological polar surface area (TPSA) is 62.3 Å². The SMILES string of the molecule is COCC1CCN(CC2(CC(=N)N)CC2)CC1. The monoisotopic (exact) mass is 239 g/mol. The molecule has 1 aliphatic heterocycles. The van der Waals surface area contributed by atoms with E-state index in [2.05, 4.69) is 4.90 Å². The van der Waals surface area contributed by atoms with Crippen LogP contribution in [0.25, 0.3) is 0 Å². The maximum atomic E-state index is 7.44. The molecule has 2 aliphatic rings. The third kappa shape index (κ3) is 3.68. The molecule has 0 unspecified atom stereocenters. The van der Waals surface area contributed by atoms with Gasteiger partial charge in [-0.15, -0.1) is 0 Å². The van der Waals surface area contributed by atoms with Crippen molar-refractivity contribution in [3.8, 4) is 0 Å². The Morgan fingerprint density at radius 1 is 1.41 bits per heavy atom. The normalized spacial score (nSPS) is 24.8. The largest absolute Gasteiger partial charge is 0.388 e. The van der Waals surface area contributed by atoms with Crippen LogP contribution in [0.15, 0.2) is 0 Å². The zero-order valence-corrected chi connectivity index (χ0v) is 10.9. The highest BCUT2D eigenvalue weighted by molar-refractivity contribution is 5.78. The minimum absolute atomic E-state index is 0.358. The number of likely N-dealkylation sites (tertiary alicyclic amines) is 1. The molecule has 1 heterocycles. The van der Waals surface area contributed by atoms with Crippen LogP contribution < -0.4 is 5.73 Å². The molecule has 2 rings (SSSR count). The number of hydrogen-bond donors (Lipinski definition) is 2. The van der Waals surface area contributed by atoms with E-state index in [1.54, 1.807) is 7.11 Å². The summed E-state index contributed by atoms with van der Waals surface area (Å²) in [6.07, 6.45) is 5.81. The van der Waals surface area contributed by atoms with Crippen molar-refractivity contribution in [3.05, 3.63) is 0 Å². The van der Waals surface area contributed by atoms with Crippen molar-refractivity contribution < 1.29 is 4.74 Å². The molecule has 0 aromatic heterocycles. The molecule has 3 N–H and O–H groups in total. The Balaban J connectivity index is 1.73. The number of piperidine rings is 1. The summed E-state index contributed by atoms with van der Waals surface area (Å²) >= 11 is 0. The van der Waals surface area contributed by atoms with Crippen molar-refractivity contribution in [1.82, 2.24) is 4.90 Å². The lowest BCUT2D eigenvalue weighted by Crippen LogP contribution is -2.39. The van der Waals surface area contributed by atoms with E-state index in [1.165, 1.54) is 38.8 Å². The number of nitrogens with two attached hydrogens (primary N) is 1. The average molecular weight is 239 g/mol. The second-order valence-electron chi connectivity index (χ2n) is 5.88. The highest BCUT2D eigenvalue weighted by Gasteiger charge is 2.44. The molecule has 0 aromatic carbocycles. The zero-order chi connectivity index (χ0) is 12.3. The standard InChI is InChI=1S/C13H25N3O/c1-17-9-11-2-6-16(7-3-11)10-13(4-5-13)8-12(14)15/h11H,2-10H2,1H3,(H3,14,15). The van der Waals surface area contributed by atoms with E-state index in [-0.39, 0.29) is 0 Å². The number of rotatable bonds is 6. The molecule has 0 radical (unpaired) electrons. The fourth-order valence-corrected chi connectivity index (χ4v) is 2.99. The second-order valence-corrected chi connectivity index (χ2v) is 5.88. The van der Waals surface area contributed by atoms with Crippen molar-refractivity contribution in [1.29, 1.82) is 5.41 Å². The van der Waals surface area contributed by atoms with Gasteiger partial charge in [0.25, 0.3) is 0 Å². The van der Waals surface area contributed by atoms with E-state index < -0.39 is 0 Å². The van der Waals surface area contributed by atoms with Gasteiger partial charge in [-0.3, -0.25) is 5.41 Å². The van der Waals surface area contributed by atoms with Gasteiger partial charge in [0.2, 0.25) is 0 Å². The average Bonchev–Trinajstić information content (AvgIpc) is 3.00. The minimum Gasteiger partial charge on any atom is -0.388 e. The highest BCUT2D eigenvalue weighted by atomic mass is 16.5. The Hall–Kier alpha value is -0.610. The molecule has 0 aromatic rings. The minimum atomic E-state index is 0.358. The first-order valence-electron chi connectivity index (χ1n) is 6.68. The van der Waals surface area contributed by atoms with Crippen LogP contribution in [0.5, 0.6) is 0 Å². The first-order chi connectivity index (χ1) is 8.13. The molecule has 0 spiro atoms. The van der Waals surface area contributed by atoms with Gasteiger partial charge in [0.05, 0.1) is 5.84 Å². The molecule has 17 heavy (non-hydrogen) atoms. The highest BCUT2D eigenvalue weighted by Crippen LogP contribution is 2.49. The smallest absolute Gasteiger partial charge is 0.0911 e. The summed E-state index contributed by atoms with van der Waals surface area (Å²) in [5.41, 5.74) is 5.89. The predicted molar refractivity (Wildman–Crippen MR) is 69.2 cm³/mol. The molecule has 98 valence electrons. The van der Waals surface area contributed by atoms with Gasteiger partial charge in [0.15, 0.2) is 0 Å². The molecular weight excluding hydrogens is 214 g/mol. The molecule has 2 fully saturated rings. The van der Waals surface area contributed by atoms with Crippen molar-refractivity contribution in [2.45, 2.75) is 32.1 Å². The number of nitrogens with one attached hydrogen (secondary N) is 1. The first-order valence-corrected chi connectivity index (χ1v) is 6.68. The van der Waals surface area contributed by atoms with E-state index in [0.29, 0.717) is 11.3 Å². The van der Waals surface area contributed by atoms with E-state index >= 15 is 0 Å². The third-order valence-corrected chi connectivity index (χ3v) is 4.19. The van der Waals surface area contributed by atoms with Gasteiger partial charge in [0.1, 0.15) is 0 Å². The maximum Gasteiger partial charge on any atom is 0.0911 e. The van der Waals surface area contributed by atoms with Crippen LogP contribution in [-0.4, -0.2) is 44.1 Å². The second kappa shape index (κ2) is 5.36. The number of hydrogen-bond acceptors (Lipinski definition) is 3. The van der Waals surface area contributed by atoms with E-state index in [9.17, 15) is 0 Å². The lowest BCUT2D eigenvalue weighted by Gasteiger charge is -2.34. The van der Waals surface area contributed by atoms with Gasteiger partial charge in [-0.2, -0.15) is 0 Å². The molecule has 4 nitrogen and oxygen atoms in total. The fraction of sp³-hybridized carbons (Fsp3) is 0.923. The first kappa shape index (κ1) is 12.8. The number of amidine groups is 1. The summed E-state index contributed by atoms with van der Waals surface area (Å²) in [5.74, 6) is 1.11. The Morgan fingerprint density at radius 2 is 2.06 bits per heavy atom. The summed E-state index contributed by atoms with van der Waals surface area (Å²) in [6, 6.07) is 0. The van der Waals surface area contributed by atoms with Crippen LogP contribution in [0, 0.1) is 16.7 Å². The van der Waals surface area contributed by atoms with Crippen LogP contribution in [0.4, 0.5) is 0 Å². The van der Waals surface area contributed by atoms with Crippen LogP contribution in [0.3, 0.4) is 0 Å². The molecule has 1 aliphatic carbocycles. The molecule has 4 heteroatoms. The van der Waals surface area contributed by atoms with Crippen LogP contribution in [-0.2, 0) is 4.74 Å². The van der Waals surface area contributed by atoms with E-state index in [4.69, 9.17) is 15.9 Å². The Labute approximate surface area is 104 Å². The fourth-order valence-electron chi connectivity index (χ4n) is 2.99. The number of nitrogens with zero attached hydrogens (tertiary/aromatic N) is 1. The van der Waals surface area contributed by atoms with Crippen molar-refractivity contribution in [3.63, 3.8) is 0 Å². The predicted octanol–water partition coefficient (Wildman–Crippen LogP) is 1.45. The van der Waals surface area contributed by atoms with Gasteiger partial charge < -0.3 is 15.4 Å². The summed E-state index contributed by atoms with van der Waals surface area (Å²) in [4.78, 5) is 2.56. The molecule has 0 atom stereocenters. The molecule has 0 amide bonds. The third-order valence-electron chi connectivity index (χ3n) is 4.19. The summed E-state index contributed by atoms with van der Waals surface area (Å²) in [6.45, 7) is 4.43. The zero-order valence-electron chi connectivity index (χ0n) is 10.9. The molecule has 0 bridgehead atoms. The van der Waals surface area contributed by atoms with Gasteiger partial charge >= 0.3 is 0 Å². The maximum absolute atomic E-state index is 7.44. The summed E-state index contributed by atoms with van der Waals surface area (Å²) in [5, 5.41) is 7.44. The van der Waals surface area contributed by atoms with Gasteiger partial charge in [-0.1, -0.05) is 0 Å². The Kier molecular flexibility index (Phi) is 4.05. The number of ether oxygens (including phenoxy) is 1. The molecule has 1 saturated heterocycles. The Bertz CT molecular complexity index is 268. The summed E-state index contributed by atoms with van der Waals surface area (Å²) < 4.78 is 5.22. The number of methoxy groups -OCH3 is 1. The van der Waals surface area contributed by atoms with Crippen LogP contribution in [0.2, 0.25) is 0 Å².